The van der Waals surface area contributed by atoms with Gasteiger partial charge in [0.05, 0.1) is 5.69 Å². The first kappa shape index (κ1) is 25.2. The van der Waals surface area contributed by atoms with Gasteiger partial charge in [0.15, 0.2) is 0 Å². The van der Waals surface area contributed by atoms with E-state index in [0.29, 0.717) is 0 Å². The Kier molecular flexibility index (Phi) is 10.3. The molecule has 0 aliphatic heterocycles. The number of benzene rings is 1. The van der Waals surface area contributed by atoms with Gasteiger partial charge in [-0.2, -0.15) is 0 Å². The van der Waals surface area contributed by atoms with E-state index in [9.17, 15) is 4.79 Å². The number of aromatic nitrogens is 1. The zero-order valence-corrected chi connectivity index (χ0v) is 20.1. The SMILES string of the molecule is CCCN(CCC)CCCCc1ccc(C(=O)c2c(CC)cc3ccccn23)cc1.Cl. The van der Waals surface area contributed by atoms with Gasteiger partial charge >= 0.3 is 0 Å². The molecule has 0 spiro atoms. The fraction of sp³-hybridized carbons (Fsp3) is 0.444. The van der Waals surface area contributed by atoms with Crippen LogP contribution in [0.2, 0.25) is 0 Å². The van der Waals surface area contributed by atoms with E-state index in [4.69, 9.17) is 0 Å². The molecule has 0 saturated carbocycles. The summed E-state index contributed by atoms with van der Waals surface area (Å²) in [6.45, 7) is 10.2. The molecule has 2 heterocycles. The number of aryl methyl sites for hydroxylation is 2. The molecule has 0 bridgehead atoms. The molecule has 3 aromatic rings. The van der Waals surface area contributed by atoms with E-state index >= 15 is 0 Å². The fourth-order valence-electron chi connectivity index (χ4n) is 4.30. The van der Waals surface area contributed by atoms with Crippen molar-refractivity contribution in [2.24, 2.45) is 0 Å². The number of halogens is 1. The Hall–Kier alpha value is -2.10. The molecule has 3 nitrogen and oxygen atoms in total. The molecule has 2 aromatic heterocycles. The highest BCUT2D eigenvalue weighted by molar-refractivity contribution is 6.09. The Morgan fingerprint density at radius 1 is 0.903 bits per heavy atom. The minimum absolute atomic E-state index is 0. The van der Waals surface area contributed by atoms with Crippen molar-refractivity contribution in [2.75, 3.05) is 19.6 Å². The molecule has 1 aromatic carbocycles. The third kappa shape index (κ3) is 6.44. The van der Waals surface area contributed by atoms with E-state index in [2.05, 4.69) is 49.9 Å². The van der Waals surface area contributed by atoms with Crippen LogP contribution in [0.1, 0.15) is 73.6 Å². The molecule has 0 amide bonds. The number of carbonyl (C=O) groups is 1. The van der Waals surface area contributed by atoms with Crippen LogP contribution in [0.25, 0.3) is 5.52 Å². The maximum Gasteiger partial charge on any atom is 0.210 e. The van der Waals surface area contributed by atoms with Crippen LogP contribution in [0.4, 0.5) is 0 Å². The van der Waals surface area contributed by atoms with Crippen molar-refractivity contribution in [3.63, 3.8) is 0 Å². The standard InChI is InChI=1S/C27H36N2O.ClH/c1-4-17-28(18-5-2)19-9-7-11-22-13-15-24(16-14-22)27(30)26-23(6-3)21-25-12-8-10-20-29(25)26;/h8,10,12-16,20-21H,4-7,9,11,17-19H2,1-3H3;1H. The van der Waals surface area contributed by atoms with Crippen LogP contribution < -0.4 is 0 Å². The molecule has 4 heteroatoms. The topological polar surface area (TPSA) is 24.7 Å². The van der Waals surface area contributed by atoms with Gasteiger partial charge < -0.3 is 9.30 Å². The van der Waals surface area contributed by atoms with Crippen molar-refractivity contribution >= 4 is 23.7 Å². The Bertz CT molecular complexity index is 940. The number of unbranched alkanes of at least 4 members (excludes halogenated alkanes) is 1. The molecule has 0 saturated heterocycles. The van der Waals surface area contributed by atoms with Gasteiger partial charge in [-0.05, 0) is 87.5 Å². The van der Waals surface area contributed by atoms with Gasteiger partial charge in [0.2, 0.25) is 5.78 Å². The molecule has 0 atom stereocenters. The summed E-state index contributed by atoms with van der Waals surface area (Å²) in [5.41, 5.74) is 5.08. The molecule has 0 fully saturated rings. The second kappa shape index (κ2) is 12.7. The number of hydrogen-bond acceptors (Lipinski definition) is 2. The third-order valence-corrected chi connectivity index (χ3v) is 5.84. The van der Waals surface area contributed by atoms with E-state index in [1.807, 2.05) is 34.9 Å². The Morgan fingerprint density at radius 2 is 1.61 bits per heavy atom. The molecule has 0 aliphatic rings. The number of fused-ring (bicyclic) bond motifs is 1. The molecule has 3 rings (SSSR count). The lowest BCUT2D eigenvalue weighted by Crippen LogP contribution is -2.26. The minimum Gasteiger partial charge on any atom is -0.313 e. The van der Waals surface area contributed by atoms with Crippen molar-refractivity contribution in [1.29, 1.82) is 0 Å². The summed E-state index contributed by atoms with van der Waals surface area (Å²) in [6.07, 6.45) is 8.80. The lowest BCUT2D eigenvalue weighted by Gasteiger charge is -2.20. The normalized spacial score (nSPS) is 11.1. The first-order valence-corrected chi connectivity index (χ1v) is 11.6. The highest BCUT2D eigenvalue weighted by Crippen LogP contribution is 2.21. The van der Waals surface area contributed by atoms with Crippen molar-refractivity contribution in [3.05, 3.63) is 77.1 Å². The average Bonchev–Trinajstić information content (AvgIpc) is 3.15. The summed E-state index contributed by atoms with van der Waals surface area (Å²) in [7, 11) is 0. The molecular formula is C27H37ClN2O. The van der Waals surface area contributed by atoms with Crippen LogP contribution in [0.5, 0.6) is 0 Å². The van der Waals surface area contributed by atoms with Gasteiger partial charge in [0, 0.05) is 17.3 Å². The lowest BCUT2D eigenvalue weighted by atomic mass is 10.0. The maximum absolute atomic E-state index is 13.2. The second-order valence-electron chi connectivity index (χ2n) is 8.19. The van der Waals surface area contributed by atoms with Crippen molar-refractivity contribution in [1.82, 2.24) is 9.30 Å². The molecule has 31 heavy (non-hydrogen) atoms. The van der Waals surface area contributed by atoms with Gasteiger partial charge in [0.1, 0.15) is 0 Å². The minimum atomic E-state index is 0. The van der Waals surface area contributed by atoms with Crippen LogP contribution in [0.3, 0.4) is 0 Å². The van der Waals surface area contributed by atoms with E-state index in [1.54, 1.807) is 0 Å². The Labute approximate surface area is 193 Å². The van der Waals surface area contributed by atoms with Crippen molar-refractivity contribution < 1.29 is 4.79 Å². The third-order valence-electron chi connectivity index (χ3n) is 5.84. The van der Waals surface area contributed by atoms with Gasteiger partial charge in [-0.3, -0.25) is 4.79 Å². The largest absolute Gasteiger partial charge is 0.313 e. The number of carbonyl (C=O) groups excluding carboxylic acids is 1. The van der Waals surface area contributed by atoms with Crippen LogP contribution in [0.15, 0.2) is 54.7 Å². The van der Waals surface area contributed by atoms with E-state index in [0.717, 1.165) is 35.2 Å². The summed E-state index contributed by atoms with van der Waals surface area (Å²) in [5, 5.41) is 0. The summed E-state index contributed by atoms with van der Waals surface area (Å²) < 4.78 is 2.02. The molecular weight excluding hydrogens is 404 g/mol. The summed E-state index contributed by atoms with van der Waals surface area (Å²) >= 11 is 0. The van der Waals surface area contributed by atoms with Gasteiger partial charge in [-0.25, -0.2) is 0 Å². The Balaban J connectivity index is 0.00000341. The summed E-state index contributed by atoms with van der Waals surface area (Å²) in [6, 6.07) is 16.4. The predicted molar refractivity (Wildman–Crippen MR) is 134 cm³/mol. The number of pyridine rings is 1. The molecule has 0 N–H and O–H groups in total. The maximum atomic E-state index is 13.2. The first-order valence-electron chi connectivity index (χ1n) is 11.6. The van der Waals surface area contributed by atoms with Crippen molar-refractivity contribution in [2.45, 2.75) is 59.3 Å². The van der Waals surface area contributed by atoms with Crippen LogP contribution in [-0.4, -0.2) is 34.7 Å². The number of nitrogens with zero attached hydrogens (tertiary/aromatic N) is 2. The quantitative estimate of drug-likeness (QED) is 0.234. The number of hydrogen-bond donors (Lipinski definition) is 0. The average molecular weight is 441 g/mol. The summed E-state index contributed by atoms with van der Waals surface area (Å²) in [4.78, 5) is 15.8. The lowest BCUT2D eigenvalue weighted by molar-refractivity contribution is 0.103. The molecule has 0 unspecified atom stereocenters. The van der Waals surface area contributed by atoms with Crippen molar-refractivity contribution in [3.8, 4) is 0 Å². The van der Waals surface area contributed by atoms with E-state index in [-0.39, 0.29) is 18.2 Å². The van der Waals surface area contributed by atoms with E-state index in [1.165, 1.54) is 50.9 Å². The van der Waals surface area contributed by atoms with Crippen LogP contribution in [0, 0.1) is 0 Å². The Morgan fingerprint density at radius 3 is 2.26 bits per heavy atom. The molecule has 0 radical (unpaired) electrons. The second-order valence-corrected chi connectivity index (χ2v) is 8.19. The van der Waals surface area contributed by atoms with Gasteiger partial charge in [-0.15, -0.1) is 12.4 Å². The molecule has 0 aliphatic carbocycles. The number of ketones is 1. The van der Waals surface area contributed by atoms with Gasteiger partial charge in [0.25, 0.3) is 0 Å². The highest BCUT2D eigenvalue weighted by atomic mass is 35.5. The number of rotatable bonds is 12. The fourth-order valence-corrected chi connectivity index (χ4v) is 4.30. The zero-order valence-electron chi connectivity index (χ0n) is 19.3. The first-order chi connectivity index (χ1) is 14.7. The zero-order chi connectivity index (χ0) is 21.3. The summed E-state index contributed by atoms with van der Waals surface area (Å²) in [5.74, 6) is 0.111. The molecule has 168 valence electrons. The van der Waals surface area contributed by atoms with E-state index < -0.39 is 0 Å². The van der Waals surface area contributed by atoms with Crippen LogP contribution in [-0.2, 0) is 12.8 Å². The smallest absolute Gasteiger partial charge is 0.210 e. The highest BCUT2D eigenvalue weighted by Gasteiger charge is 2.18. The van der Waals surface area contributed by atoms with Crippen LogP contribution >= 0.6 is 12.4 Å². The monoisotopic (exact) mass is 440 g/mol. The predicted octanol–water partition coefficient (Wildman–Crippen LogP) is 6.60. The van der Waals surface area contributed by atoms with Gasteiger partial charge in [-0.1, -0.05) is 51.1 Å².